The topological polar surface area (TPSA) is 43.1 Å². The van der Waals surface area contributed by atoms with E-state index in [1.807, 2.05) is 13.8 Å². The number of rotatable bonds is 3. The fourth-order valence-corrected chi connectivity index (χ4v) is 0.674. The van der Waals surface area contributed by atoms with E-state index in [1.54, 1.807) is 0 Å². The molecule has 0 saturated carbocycles. The Hall–Kier alpha value is -0.370. The van der Waals surface area contributed by atoms with Gasteiger partial charge < -0.3 is 5.73 Å². The summed E-state index contributed by atoms with van der Waals surface area (Å²) in [5.74, 6) is 0.604. The maximum atomic E-state index is 10.6. The smallest absolute Gasteiger partial charge is 0.146 e. The van der Waals surface area contributed by atoms with Crippen LogP contribution in [-0.2, 0) is 4.79 Å². The molecule has 0 aliphatic carbocycles. The summed E-state index contributed by atoms with van der Waals surface area (Å²) in [4.78, 5) is 10.6. The Morgan fingerprint density at radius 2 is 1.73 bits per heavy atom. The lowest BCUT2D eigenvalue weighted by Gasteiger charge is -2.08. The molecule has 0 bridgehead atoms. The predicted molar refractivity (Wildman–Crippen MR) is 49.5 cm³/mol. The highest BCUT2D eigenvalue weighted by Gasteiger charge is 2.08. The molecule has 0 aromatic carbocycles. The predicted octanol–water partition coefficient (Wildman–Crippen LogP) is 1.98. The minimum atomic E-state index is -0.245. The molecule has 0 amide bonds. The number of carbonyl (C=O) groups is 1. The molecule has 0 radical (unpaired) electrons. The molecule has 0 aliphatic heterocycles. The van der Waals surface area contributed by atoms with Gasteiger partial charge in [0.05, 0.1) is 6.04 Å². The first-order valence-electron chi connectivity index (χ1n) is 4.30. The highest BCUT2D eigenvalue weighted by Crippen LogP contribution is 2.02. The van der Waals surface area contributed by atoms with Gasteiger partial charge in [-0.1, -0.05) is 27.7 Å². The molecule has 2 N–H and O–H groups in total. The van der Waals surface area contributed by atoms with Gasteiger partial charge in [0, 0.05) is 0 Å². The summed E-state index contributed by atoms with van der Waals surface area (Å²) in [6.45, 7) is 9.65. The summed E-state index contributed by atoms with van der Waals surface area (Å²) in [7, 11) is 0. The average Bonchev–Trinajstić information content (AvgIpc) is 1.90. The van der Waals surface area contributed by atoms with Gasteiger partial charge in [0.25, 0.3) is 0 Å². The Kier molecular flexibility index (Phi) is 9.31. The molecule has 1 unspecified atom stereocenters. The SMILES string of the molecule is CC.CC(=O)C(N)CC(C)C. The molecule has 1 atom stereocenters. The largest absolute Gasteiger partial charge is 0.322 e. The molecule has 0 heterocycles. The van der Waals surface area contributed by atoms with Crippen LogP contribution in [0, 0.1) is 5.92 Å². The summed E-state index contributed by atoms with van der Waals surface area (Å²) < 4.78 is 0. The van der Waals surface area contributed by atoms with Crippen LogP contribution in [0.2, 0.25) is 0 Å². The third-order valence-electron chi connectivity index (χ3n) is 1.25. The van der Waals surface area contributed by atoms with E-state index in [-0.39, 0.29) is 11.8 Å². The molecule has 2 nitrogen and oxygen atoms in total. The van der Waals surface area contributed by atoms with Crippen LogP contribution in [0.5, 0.6) is 0 Å². The highest BCUT2D eigenvalue weighted by molar-refractivity contribution is 5.81. The van der Waals surface area contributed by atoms with Gasteiger partial charge in [-0.25, -0.2) is 0 Å². The maximum absolute atomic E-state index is 10.6. The van der Waals surface area contributed by atoms with Crippen LogP contribution in [0.3, 0.4) is 0 Å². The minimum Gasteiger partial charge on any atom is -0.322 e. The van der Waals surface area contributed by atoms with Crippen molar-refractivity contribution in [3.63, 3.8) is 0 Å². The highest BCUT2D eigenvalue weighted by atomic mass is 16.1. The van der Waals surface area contributed by atoms with Crippen molar-refractivity contribution in [3.8, 4) is 0 Å². The van der Waals surface area contributed by atoms with Crippen LogP contribution in [0.1, 0.15) is 41.0 Å². The van der Waals surface area contributed by atoms with Gasteiger partial charge in [0.2, 0.25) is 0 Å². The third kappa shape index (κ3) is 9.63. The van der Waals surface area contributed by atoms with Gasteiger partial charge in [-0.2, -0.15) is 0 Å². The van der Waals surface area contributed by atoms with Gasteiger partial charge in [-0.15, -0.1) is 0 Å². The summed E-state index contributed by atoms with van der Waals surface area (Å²) in [5, 5.41) is 0. The van der Waals surface area contributed by atoms with Crippen molar-refractivity contribution >= 4 is 5.78 Å². The molecular formula is C9H21NO. The van der Waals surface area contributed by atoms with Crippen molar-refractivity contribution in [3.05, 3.63) is 0 Å². The van der Waals surface area contributed by atoms with Gasteiger partial charge in [0.15, 0.2) is 0 Å². The molecule has 0 aliphatic rings. The Balaban J connectivity index is 0. The molecule has 0 fully saturated rings. The molecule has 0 spiro atoms. The Bertz CT molecular complexity index is 99.7. The van der Waals surface area contributed by atoms with Crippen LogP contribution in [0.15, 0.2) is 0 Å². The lowest BCUT2D eigenvalue weighted by atomic mass is 10.0. The summed E-state index contributed by atoms with van der Waals surface area (Å²) in [6.07, 6.45) is 0.801. The quantitative estimate of drug-likeness (QED) is 0.684. The molecular weight excluding hydrogens is 138 g/mol. The van der Waals surface area contributed by atoms with Gasteiger partial charge in [0.1, 0.15) is 5.78 Å². The number of hydrogen-bond acceptors (Lipinski definition) is 2. The summed E-state index contributed by atoms with van der Waals surface area (Å²) in [6, 6.07) is -0.245. The normalized spacial score (nSPS) is 11.9. The zero-order chi connectivity index (χ0) is 9.44. The first kappa shape index (κ1) is 13.2. The van der Waals surface area contributed by atoms with E-state index in [0.717, 1.165) is 6.42 Å². The Labute approximate surface area is 70.2 Å². The van der Waals surface area contributed by atoms with E-state index >= 15 is 0 Å². The van der Waals surface area contributed by atoms with Crippen LogP contribution < -0.4 is 5.73 Å². The van der Waals surface area contributed by atoms with Crippen LogP contribution in [0.25, 0.3) is 0 Å². The number of hydrogen-bond donors (Lipinski definition) is 1. The second-order valence-corrected chi connectivity index (χ2v) is 2.85. The number of Topliss-reactive ketones (excluding diaryl/α,β-unsaturated/α-hetero) is 1. The fraction of sp³-hybridized carbons (Fsp3) is 0.889. The van der Waals surface area contributed by atoms with Gasteiger partial charge >= 0.3 is 0 Å². The van der Waals surface area contributed by atoms with Gasteiger partial charge in [-0.05, 0) is 19.3 Å². The standard InChI is InChI=1S/C7H15NO.C2H6/c1-5(2)4-7(8)6(3)9;1-2/h5,7H,4,8H2,1-3H3;1-2H3. The number of carbonyl (C=O) groups excluding carboxylic acids is 1. The molecule has 0 aromatic heterocycles. The first-order chi connectivity index (χ1) is 5.04. The van der Waals surface area contributed by atoms with E-state index in [4.69, 9.17) is 5.73 Å². The summed E-state index contributed by atoms with van der Waals surface area (Å²) >= 11 is 0. The van der Waals surface area contributed by atoms with E-state index in [0.29, 0.717) is 5.92 Å². The van der Waals surface area contributed by atoms with Crippen LogP contribution >= 0.6 is 0 Å². The van der Waals surface area contributed by atoms with Crippen molar-refractivity contribution in [2.24, 2.45) is 11.7 Å². The number of nitrogens with two attached hydrogens (primary N) is 1. The van der Waals surface area contributed by atoms with Crippen LogP contribution in [0.4, 0.5) is 0 Å². The fourth-order valence-electron chi connectivity index (χ4n) is 0.674. The number of ketones is 1. The van der Waals surface area contributed by atoms with Crippen molar-refractivity contribution in [1.29, 1.82) is 0 Å². The van der Waals surface area contributed by atoms with Gasteiger partial charge in [-0.3, -0.25) is 4.79 Å². The molecule has 2 heteroatoms. The minimum absolute atomic E-state index is 0.0868. The first-order valence-corrected chi connectivity index (χ1v) is 4.30. The average molecular weight is 159 g/mol. The van der Waals surface area contributed by atoms with Crippen LogP contribution in [-0.4, -0.2) is 11.8 Å². The molecule has 0 rings (SSSR count). The van der Waals surface area contributed by atoms with Crippen molar-refractivity contribution in [2.45, 2.75) is 47.1 Å². The molecule has 0 saturated heterocycles. The van der Waals surface area contributed by atoms with E-state index in [2.05, 4.69) is 13.8 Å². The Morgan fingerprint density at radius 1 is 1.36 bits per heavy atom. The molecule has 0 aromatic rings. The second-order valence-electron chi connectivity index (χ2n) is 2.85. The molecule has 11 heavy (non-hydrogen) atoms. The molecule has 68 valence electrons. The van der Waals surface area contributed by atoms with E-state index in [1.165, 1.54) is 6.92 Å². The van der Waals surface area contributed by atoms with Crippen molar-refractivity contribution < 1.29 is 4.79 Å². The lowest BCUT2D eigenvalue weighted by Crippen LogP contribution is -2.29. The maximum Gasteiger partial charge on any atom is 0.146 e. The monoisotopic (exact) mass is 159 g/mol. The lowest BCUT2D eigenvalue weighted by molar-refractivity contribution is -0.118. The third-order valence-corrected chi connectivity index (χ3v) is 1.25. The van der Waals surface area contributed by atoms with Crippen molar-refractivity contribution in [1.82, 2.24) is 0 Å². The van der Waals surface area contributed by atoms with E-state index in [9.17, 15) is 4.79 Å². The van der Waals surface area contributed by atoms with Crippen molar-refractivity contribution in [2.75, 3.05) is 0 Å². The summed E-state index contributed by atoms with van der Waals surface area (Å²) in [5.41, 5.74) is 5.47. The second kappa shape index (κ2) is 7.73. The van der Waals surface area contributed by atoms with E-state index < -0.39 is 0 Å². The zero-order valence-corrected chi connectivity index (χ0v) is 8.35. The Morgan fingerprint density at radius 3 is 1.82 bits per heavy atom. The zero-order valence-electron chi connectivity index (χ0n) is 8.35.